The zero-order chi connectivity index (χ0) is 23.6. The number of hydrogen-bond donors (Lipinski definition) is 2. The molecule has 2 aromatic rings. The van der Waals surface area contributed by atoms with Crippen LogP contribution in [-0.4, -0.2) is 41.2 Å². The van der Waals surface area contributed by atoms with E-state index in [0.29, 0.717) is 32.6 Å². The second-order valence-corrected chi connectivity index (χ2v) is 10.3. The van der Waals surface area contributed by atoms with Gasteiger partial charge in [-0.25, -0.2) is 13.1 Å². The van der Waals surface area contributed by atoms with E-state index in [2.05, 4.69) is 42.9 Å². The first-order chi connectivity index (χ1) is 15.1. The zero-order valence-electron chi connectivity index (χ0n) is 19.3. The van der Waals surface area contributed by atoms with Gasteiger partial charge in [0.05, 0.1) is 18.1 Å². The summed E-state index contributed by atoms with van der Waals surface area (Å²) in [6.07, 6.45) is 0.965. The average molecular weight is 463 g/mol. The number of rotatable bonds is 12. The Balaban J connectivity index is 1.69. The lowest BCUT2D eigenvalue weighted by Gasteiger charge is -2.19. The monoisotopic (exact) mass is 462 g/mol. The predicted octanol–water partition coefficient (Wildman–Crippen LogP) is 3.38. The topological polar surface area (TPSA) is 93.7 Å². The van der Waals surface area contributed by atoms with E-state index in [1.165, 1.54) is 24.8 Å². The molecule has 0 aliphatic carbocycles. The van der Waals surface area contributed by atoms with E-state index < -0.39 is 10.0 Å². The Morgan fingerprint density at radius 1 is 0.969 bits per heavy atom. The maximum Gasteiger partial charge on any atom is 0.240 e. The van der Waals surface area contributed by atoms with Crippen molar-refractivity contribution in [3.8, 4) is 5.75 Å². The molecule has 0 bridgehead atoms. The van der Waals surface area contributed by atoms with E-state index in [9.17, 15) is 13.2 Å². The molecule has 0 aliphatic rings. The Morgan fingerprint density at radius 3 is 2.22 bits per heavy atom. The van der Waals surface area contributed by atoms with Gasteiger partial charge in [0.1, 0.15) is 5.75 Å². The third-order valence-corrected chi connectivity index (χ3v) is 6.34. The van der Waals surface area contributed by atoms with Gasteiger partial charge in [0.2, 0.25) is 15.9 Å². The first-order valence-corrected chi connectivity index (χ1v) is 12.2. The maximum atomic E-state index is 12.1. The molecule has 0 saturated heterocycles. The highest BCUT2D eigenvalue weighted by Crippen LogP contribution is 2.24. The van der Waals surface area contributed by atoms with Crippen molar-refractivity contribution in [1.29, 1.82) is 0 Å². The molecule has 32 heavy (non-hydrogen) atoms. The summed E-state index contributed by atoms with van der Waals surface area (Å²) in [5.41, 5.74) is 2.17. The molecule has 1 amide bonds. The number of methoxy groups -OCH3 is 1. The summed E-state index contributed by atoms with van der Waals surface area (Å²) in [6, 6.07) is 14.5. The van der Waals surface area contributed by atoms with Crippen LogP contribution in [0.3, 0.4) is 0 Å². The lowest BCUT2D eigenvalue weighted by atomic mass is 9.87. The Bertz CT molecular complexity index is 949. The van der Waals surface area contributed by atoms with Crippen LogP contribution in [0.15, 0.2) is 53.4 Å². The highest BCUT2D eigenvalue weighted by Gasteiger charge is 2.14. The van der Waals surface area contributed by atoms with Gasteiger partial charge in [0.25, 0.3) is 0 Å². The molecule has 176 valence electrons. The third kappa shape index (κ3) is 8.61. The quantitative estimate of drug-likeness (QED) is 0.472. The van der Waals surface area contributed by atoms with Crippen LogP contribution in [0.2, 0.25) is 0 Å². The van der Waals surface area contributed by atoms with Crippen LogP contribution in [0.4, 0.5) is 0 Å². The van der Waals surface area contributed by atoms with Crippen molar-refractivity contribution in [2.75, 3.05) is 26.9 Å². The second kappa shape index (κ2) is 12.0. The number of carbonyl (C=O) groups excluding carboxylic acids is 1. The van der Waals surface area contributed by atoms with Crippen LogP contribution >= 0.6 is 0 Å². The molecular formula is C24H34N2O5S. The van der Waals surface area contributed by atoms with E-state index in [0.717, 1.165) is 11.3 Å². The van der Waals surface area contributed by atoms with Gasteiger partial charge in [-0.3, -0.25) is 4.79 Å². The zero-order valence-corrected chi connectivity index (χ0v) is 20.1. The minimum atomic E-state index is -3.56. The van der Waals surface area contributed by atoms with E-state index in [-0.39, 0.29) is 22.8 Å². The number of ether oxygens (including phenoxy) is 2. The molecule has 0 aromatic heterocycles. The SMILES string of the molecule is COCCNS(=O)(=O)c1ccc(CNC(=O)CCCOc2ccc(C(C)(C)C)cc2)cc1. The van der Waals surface area contributed by atoms with Gasteiger partial charge in [-0.2, -0.15) is 0 Å². The molecule has 8 heteroatoms. The molecule has 0 aliphatic heterocycles. The summed E-state index contributed by atoms with van der Waals surface area (Å²) >= 11 is 0. The molecule has 2 rings (SSSR count). The van der Waals surface area contributed by atoms with Gasteiger partial charge < -0.3 is 14.8 Å². The first kappa shape index (κ1) is 25.8. The first-order valence-electron chi connectivity index (χ1n) is 10.7. The van der Waals surface area contributed by atoms with Crippen molar-refractivity contribution in [3.63, 3.8) is 0 Å². The molecule has 7 nitrogen and oxygen atoms in total. The molecule has 0 atom stereocenters. The van der Waals surface area contributed by atoms with E-state index in [1.807, 2.05) is 12.1 Å². The Labute approximate surface area is 191 Å². The summed E-state index contributed by atoms with van der Waals surface area (Å²) < 4.78 is 37.3. The van der Waals surface area contributed by atoms with Crippen molar-refractivity contribution in [3.05, 3.63) is 59.7 Å². The van der Waals surface area contributed by atoms with Gasteiger partial charge in [-0.05, 0) is 47.2 Å². The average Bonchev–Trinajstić information content (AvgIpc) is 2.75. The van der Waals surface area contributed by atoms with Gasteiger partial charge in [-0.1, -0.05) is 45.0 Å². The minimum Gasteiger partial charge on any atom is -0.494 e. The fraction of sp³-hybridized carbons (Fsp3) is 0.458. The number of sulfonamides is 1. The third-order valence-electron chi connectivity index (χ3n) is 4.86. The molecule has 0 spiro atoms. The number of amides is 1. The Morgan fingerprint density at radius 2 is 1.62 bits per heavy atom. The number of carbonyl (C=O) groups is 1. The van der Waals surface area contributed by atoms with Crippen LogP contribution in [0.1, 0.15) is 44.7 Å². The molecule has 0 unspecified atom stereocenters. The van der Waals surface area contributed by atoms with E-state index in [4.69, 9.17) is 9.47 Å². The summed E-state index contributed by atoms with van der Waals surface area (Å²) in [5.74, 6) is 0.722. The molecule has 0 saturated carbocycles. The highest BCUT2D eigenvalue weighted by atomic mass is 32.2. The van der Waals surface area contributed by atoms with Crippen LogP contribution < -0.4 is 14.8 Å². The normalized spacial score (nSPS) is 11.9. The largest absolute Gasteiger partial charge is 0.494 e. The van der Waals surface area contributed by atoms with Crippen LogP contribution in [-0.2, 0) is 31.5 Å². The maximum absolute atomic E-state index is 12.1. The van der Waals surface area contributed by atoms with Gasteiger partial charge in [-0.15, -0.1) is 0 Å². The van der Waals surface area contributed by atoms with Crippen LogP contribution in [0.5, 0.6) is 5.75 Å². The highest BCUT2D eigenvalue weighted by molar-refractivity contribution is 7.89. The lowest BCUT2D eigenvalue weighted by molar-refractivity contribution is -0.121. The second-order valence-electron chi connectivity index (χ2n) is 8.54. The Kier molecular flexibility index (Phi) is 9.68. The Hall–Kier alpha value is -2.42. The summed E-state index contributed by atoms with van der Waals surface area (Å²) in [4.78, 5) is 12.2. The van der Waals surface area contributed by atoms with Crippen molar-refractivity contribution in [2.24, 2.45) is 0 Å². The van der Waals surface area contributed by atoms with Crippen LogP contribution in [0, 0.1) is 0 Å². The van der Waals surface area contributed by atoms with Gasteiger partial charge in [0.15, 0.2) is 0 Å². The minimum absolute atomic E-state index is 0.0744. The van der Waals surface area contributed by atoms with Crippen molar-refractivity contribution in [2.45, 2.75) is 50.5 Å². The number of nitrogens with one attached hydrogen (secondary N) is 2. The molecular weight excluding hydrogens is 428 g/mol. The summed E-state index contributed by atoms with van der Waals surface area (Å²) in [6.45, 7) is 7.81. The molecule has 0 fully saturated rings. The van der Waals surface area contributed by atoms with E-state index >= 15 is 0 Å². The van der Waals surface area contributed by atoms with Crippen molar-refractivity contribution < 1.29 is 22.7 Å². The molecule has 2 aromatic carbocycles. The number of benzene rings is 2. The van der Waals surface area contributed by atoms with Crippen LogP contribution in [0.25, 0.3) is 0 Å². The predicted molar refractivity (Wildman–Crippen MR) is 125 cm³/mol. The van der Waals surface area contributed by atoms with Crippen molar-refractivity contribution in [1.82, 2.24) is 10.0 Å². The van der Waals surface area contributed by atoms with Crippen molar-refractivity contribution >= 4 is 15.9 Å². The lowest BCUT2D eigenvalue weighted by Crippen LogP contribution is -2.27. The summed E-state index contributed by atoms with van der Waals surface area (Å²) in [7, 11) is -2.05. The number of hydrogen-bond acceptors (Lipinski definition) is 5. The van der Waals surface area contributed by atoms with E-state index in [1.54, 1.807) is 12.1 Å². The molecule has 0 heterocycles. The molecule has 0 radical (unpaired) electrons. The summed E-state index contributed by atoms with van der Waals surface area (Å²) in [5, 5.41) is 2.85. The van der Waals surface area contributed by atoms with Gasteiger partial charge in [0, 0.05) is 26.6 Å². The molecule has 2 N–H and O–H groups in total. The smallest absolute Gasteiger partial charge is 0.240 e. The fourth-order valence-corrected chi connectivity index (χ4v) is 3.92. The standard InChI is InChI=1S/C24H34N2O5S/c1-24(2,3)20-9-11-21(12-10-20)31-16-5-6-23(27)25-18-19-7-13-22(14-8-19)32(28,29)26-15-17-30-4/h7-14,26H,5-6,15-18H2,1-4H3,(H,25,27). The van der Waals surface area contributed by atoms with Gasteiger partial charge >= 0.3 is 0 Å². The fourth-order valence-electron chi connectivity index (χ4n) is 2.91.